The van der Waals surface area contributed by atoms with E-state index in [1.54, 1.807) is 58.2 Å². The number of benzene rings is 3. The van der Waals surface area contributed by atoms with Crippen LogP contribution < -0.4 is 9.46 Å². The lowest BCUT2D eigenvalue weighted by molar-refractivity contribution is 0.0719. The molecule has 1 N–H and O–H groups in total. The van der Waals surface area contributed by atoms with Crippen LogP contribution in [0.1, 0.15) is 37.5 Å². The minimum atomic E-state index is -4.02. The molecule has 0 aliphatic heterocycles. The van der Waals surface area contributed by atoms with Gasteiger partial charge in [0.1, 0.15) is 11.6 Å². The Kier molecular flexibility index (Phi) is 10.4. The Morgan fingerprint density at radius 3 is 2.13 bits per heavy atom. The van der Waals surface area contributed by atoms with E-state index in [-0.39, 0.29) is 25.3 Å². The van der Waals surface area contributed by atoms with Gasteiger partial charge >= 0.3 is 0 Å². The molecule has 3 aromatic rings. The molecule has 39 heavy (non-hydrogen) atoms. The van der Waals surface area contributed by atoms with Crippen molar-refractivity contribution in [2.75, 3.05) is 26.5 Å². The second-order valence-electron chi connectivity index (χ2n) is 10.4. The highest BCUT2D eigenvalue weighted by Gasteiger charge is 2.44. The average molecular weight is 577 g/mol. The lowest BCUT2D eigenvalue weighted by atomic mass is 9.93. The van der Waals surface area contributed by atoms with Gasteiger partial charge in [-0.05, 0) is 50.1 Å². The summed E-state index contributed by atoms with van der Waals surface area (Å²) in [6, 6.07) is 22.4. The van der Waals surface area contributed by atoms with Gasteiger partial charge in [-0.3, -0.25) is 0 Å². The maximum atomic E-state index is 15.4. The molecule has 0 bridgehead atoms. The number of halogens is 1. The third-order valence-electron chi connectivity index (χ3n) is 6.16. The van der Waals surface area contributed by atoms with Gasteiger partial charge in [-0.25, -0.2) is 26.0 Å². The molecule has 2 atom stereocenters. The Morgan fingerprint density at radius 1 is 0.923 bits per heavy atom. The number of rotatable bonds is 13. The molecule has 0 saturated carbocycles. The molecule has 0 unspecified atom stereocenters. The molecule has 0 amide bonds. The van der Waals surface area contributed by atoms with Gasteiger partial charge in [0.2, 0.25) is 10.0 Å². The molecule has 212 valence electrons. The highest BCUT2D eigenvalue weighted by Crippen LogP contribution is 2.30. The molecule has 7 nitrogen and oxygen atoms in total. The number of ether oxygens (including phenoxy) is 2. The van der Waals surface area contributed by atoms with Gasteiger partial charge in [-0.2, -0.15) is 0 Å². The number of nitrogens with one attached hydrogen (secondary N) is 1. The first-order valence-electron chi connectivity index (χ1n) is 12.5. The maximum Gasteiger partial charge on any atom is 0.216 e. The van der Waals surface area contributed by atoms with Crippen molar-refractivity contribution in [3.05, 3.63) is 101 Å². The summed E-state index contributed by atoms with van der Waals surface area (Å²) >= 11 is 0. The quantitative estimate of drug-likeness (QED) is 0.317. The molecule has 0 aliphatic rings. The topological polar surface area (TPSA) is 84.9 Å². The van der Waals surface area contributed by atoms with Crippen molar-refractivity contribution in [3.63, 3.8) is 0 Å². The Morgan fingerprint density at radius 2 is 1.54 bits per heavy atom. The van der Waals surface area contributed by atoms with E-state index in [4.69, 9.17) is 9.47 Å². The first kappa shape index (κ1) is 30.9. The van der Waals surface area contributed by atoms with Crippen molar-refractivity contribution in [3.8, 4) is 5.75 Å². The van der Waals surface area contributed by atoms with Gasteiger partial charge in [-0.1, -0.05) is 60.7 Å². The van der Waals surface area contributed by atoms with Gasteiger partial charge in [0, 0.05) is 19.2 Å². The summed E-state index contributed by atoms with van der Waals surface area (Å²) in [7, 11) is -2.74. The lowest BCUT2D eigenvalue weighted by Crippen LogP contribution is -2.56. The van der Waals surface area contributed by atoms with E-state index in [2.05, 4.69) is 4.72 Å². The highest BCUT2D eigenvalue weighted by molar-refractivity contribution is 7.89. The van der Waals surface area contributed by atoms with Crippen molar-refractivity contribution in [2.45, 2.75) is 44.2 Å². The van der Waals surface area contributed by atoms with Crippen LogP contribution in [-0.4, -0.2) is 48.2 Å². The summed E-state index contributed by atoms with van der Waals surface area (Å²) in [4.78, 5) is 0. The van der Waals surface area contributed by atoms with Crippen LogP contribution in [0.2, 0.25) is 0 Å². The third kappa shape index (κ3) is 8.43. The normalized spacial score (nSPS) is 14.6. The Bertz CT molecular complexity index is 1350. The van der Waals surface area contributed by atoms with E-state index in [1.807, 2.05) is 30.3 Å². The molecule has 0 saturated heterocycles. The Hall–Kier alpha value is -2.63. The van der Waals surface area contributed by atoms with Crippen LogP contribution >= 0.6 is 0 Å². The summed E-state index contributed by atoms with van der Waals surface area (Å²) in [5.41, 5.74) is 0.0454. The average Bonchev–Trinajstić information content (AvgIpc) is 2.89. The van der Waals surface area contributed by atoms with E-state index < -0.39 is 42.9 Å². The largest absolute Gasteiger partial charge is 0.497 e. The molecular formula is C29H37FN2O5S2. The molecular weight excluding hydrogens is 539 g/mol. The minimum absolute atomic E-state index is 0.0667. The van der Waals surface area contributed by atoms with Crippen LogP contribution in [0.3, 0.4) is 0 Å². The van der Waals surface area contributed by atoms with Crippen molar-refractivity contribution < 1.29 is 26.5 Å². The molecule has 0 fully saturated rings. The first-order valence-corrected chi connectivity index (χ1v) is 15.3. The van der Waals surface area contributed by atoms with Gasteiger partial charge in [0.25, 0.3) is 0 Å². The fraction of sp³-hybridized carbons (Fsp3) is 0.379. The zero-order valence-electron chi connectivity index (χ0n) is 23.0. The highest BCUT2D eigenvalue weighted by atomic mass is 32.2. The van der Waals surface area contributed by atoms with Crippen molar-refractivity contribution in [1.29, 1.82) is 0 Å². The molecule has 0 heterocycles. The zero-order valence-corrected chi connectivity index (χ0v) is 24.6. The fourth-order valence-corrected chi connectivity index (χ4v) is 6.41. The molecule has 10 heteroatoms. The number of nitrogens with zero attached hydrogens (tertiary/aromatic N) is 1. The summed E-state index contributed by atoms with van der Waals surface area (Å²) in [5.74, 6) is -0.538. The van der Waals surface area contributed by atoms with E-state index in [9.17, 15) is 12.6 Å². The van der Waals surface area contributed by atoms with Gasteiger partial charge in [-0.15, -0.1) is 0 Å². The van der Waals surface area contributed by atoms with Crippen LogP contribution in [0.25, 0.3) is 0 Å². The second-order valence-corrected chi connectivity index (χ2v) is 14.4. The van der Waals surface area contributed by atoms with Crippen LogP contribution in [0, 0.1) is 5.82 Å². The summed E-state index contributed by atoms with van der Waals surface area (Å²) in [5, 5.41) is 0. The summed E-state index contributed by atoms with van der Waals surface area (Å²) in [6.45, 7) is 5.31. The lowest BCUT2D eigenvalue weighted by Gasteiger charge is -2.37. The molecule has 0 aliphatic carbocycles. The maximum absolute atomic E-state index is 15.4. The molecule has 0 radical (unpaired) electrons. The van der Waals surface area contributed by atoms with Gasteiger partial charge in [0.15, 0.2) is 0 Å². The van der Waals surface area contributed by atoms with Gasteiger partial charge < -0.3 is 9.47 Å². The second kappa shape index (κ2) is 13.1. The monoisotopic (exact) mass is 576 g/mol. The summed E-state index contributed by atoms with van der Waals surface area (Å²) in [6.07, 6.45) is 0. The number of sulfonamides is 1. The molecule has 3 aromatic carbocycles. The Labute approximate surface area is 234 Å². The Balaban J connectivity index is 2.00. The number of hydrogen-bond donors (Lipinski definition) is 1. The minimum Gasteiger partial charge on any atom is -0.497 e. The predicted molar refractivity (Wildman–Crippen MR) is 153 cm³/mol. The van der Waals surface area contributed by atoms with Crippen LogP contribution in [0.15, 0.2) is 78.9 Å². The zero-order chi connectivity index (χ0) is 28.7. The standard InChI is InChI=1S/C29H37FN2O5S2/c1-28(2,3)38(33)31-29(26-13-9-10-14-27(26)30,21-37-20-24-11-7-6-8-12-24)22-39(34,35)32(4)19-23-15-17-25(36-5)18-16-23/h6-18,31H,19-22H2,1-5H3/t29-,38+/m0/s1. The van der Waals surface area contributed by atoms with Gasteiger partial charge in [0.05, 0.1) is 47.3 Å². The molecule has 0 aromatic heterocycles. The van der Waals surface area contributed by atoms with Crippen LogP contribution in [0.4, 0.5) is 4.39 Å². The molecule has 0 spiro atoms. The van der Waals surface area contributed by atoms with Crippen molar-refractivity contribution in [1.82, 2.24) is 9.03 Å². The number of methoxy groups -OCH3 is 1. The predicted octanol–water partition coefficient (Wildman–Crippen LogP) is 4.76. The van der Waals surface area contributed by atoms with Crippen LogP contribution in [0.5, 0.6) is 5.75 Å². The fourth-order valence-electron chi connectivity index (χ4n) is 3.92. The van der Waals surface area contributed by atoms with E-state index >= 15 is 4.39 Å². The van der Waals surface area contributed by atoms with E-state index in [0.717, 1.165) is 11.1 Å². The third-order valence-corrected chi connectivity index (χ3v) is 9.79. The molecule has 3 rings (SSSR count). The van der Waals surface area contributed by atoms with E-state index in [0.29, 0.717) is 5.75 Å². The SMILES string of the molecule is COc1ccc(CN(C)S(=O)(=O)C[C@](COCc2ccccc2)(N[S@](=O)C(C)(C)C)c2ccccc2F)cc1. The smallest absolute Gasteiger partial charge is 0.216 e. The van der Waals surface area contributed by atoms with Crippen LogP contribution in [-0.2, 0) is 44.4 Å². The van der Waals surface area contributed by atoms with E-state index in [1.165, 1.54) is 29.6 Å². The summed E-state index contributed by atoms with van der Waals surface area (Å²) < 4.78 is 71.0. The van der Waals surface area contributed by atoms with Crippen molar-refractivity contribution >= 4 is 21.0 Å². The van der Waals surface area contributed by atoms with Crippen molar-refractivity contribution in [2.24, 2.45) is 0 Å². The number of hydrogen-bond acceptors (Lipinski definition) is 5. The first-order chi connectivity index (χ1) is 18.4.